The highest BCUT2D eigenvalue weighted by atomic mass is 79.9. The molecule has 23 heavy (non-hydrogen) atoms. The van der Waals surface area contributed by atoms with Gasteiger partial charge in [-0.25, -0.2) is 0 Å². The average Bonchev–Trinajstić information content (AvgIpc) is 2.70. The lowest BCUT2D eigenvalue weighted by atomic mass is 9.78. The van der Waals surface area contributed by atoms with Crippen LogP contribution in [0.3, 0.4) is 0 Å². The summed E-state index contributed by atoms with van der Waals surface area (Å²) in [6.45, 7) is 12.8. The summed E-state index contributed by atoms with van der Waals surface area (Å²) in [7, 11) is 0. The highest BCUT2D eigenvalue weighted by molar-refractivity contribution is 9.13. The molecule has 2 N–H and O–H groups in total. The lowest BCUT2D eigenvalue weighted by molar-refractivity contribution is 0.423. The molecule has 0 aliphatic heterocycles. The van der Waals surface area contributed by atoms with Crippen molar-refractivity contribution in [3.05, 3.63) is 49.7 Å². The summed E-state index contributed by atoms with van der Waals surface area (Å²) in [5, 5.41) is 10.8. The Kier molecular flexibility index (Phi) is 5.08. The zero-order valence-corrected chi connectivity index (χ0v) is 17.8. The van der Waals surface area contributed by atoms with Crippen LogP contribution in [0.15, 0.2) is 27.4 Å². The fourth-order valence-corrected chi connectivity index (χ4v) is 3.44. The van der Waals surface area contributed by atoms with Crippen molar-refractivity contribution in [2.24, 2.45) is 0 Å². The van der Waals surface area contributed by atoms with E-state index in [2.05, 4.69) is 90.5 Å². The third-order valence-corrected chi connectivity index (χ3v) is 6.09. The molecule has 0 saturated carbocycles. The van der Waals surface area contributed by atoms with Crippen LogP contribution in [0.25, 0.3) is 0 Å². The van der Waals surface area contributed by atoms with Crippen LogP contribution in [0.1, 0.15) is 63.8 Å². The van der Waals surface area contributed by atoms with Crippen LogP contribution < -0.4 is 0 Å². The summed E-state index contributed by atoms with van der Waals surface area (Å²) < 4.78 is 2.01. The SMILES string of the molecule is CC(C)(C)c1cc(Cc2c[nH]c(Br)c2Br)cc(C(C)(C)C)c1O. The average molecular weight is 443 g/mol. The topological polar surface area (TPSA) is 36.0 Å². The molecule has 0 saturated heterocycles. The maximum Gasteiger partial charge on any atom is 0.123 e. The minimum Gasteiger partial charge on any atom is -0.507 e. The normalized spacial score (nSPS) is 12.7. The minimum absolute atomic E-state index is 0.101. The number of hydrogen-bond acceptors (Lipinski definition) is 1. The molecule has 0 fully saturated rings. The van der Waals surface area contributed by atoms with Crippen molar-refractivity contribution in [1.29, 1.82) is 0 Å². The molecular weight excluding hydrogens is 418 g/mol. The Morgan fingerprint density at radius 3 is 1.78 bits per heavy atom. The highest BCUT2D eigenvalue weighted by Gasteiger charge is 2.26. The summed E-state index contributed by atoms with van der Waals surface area (Å²) >= 11 is 7.10. The number of H-pyrrole nitrogens is 1. The molecule has 126 valence electrons. The number of aromatic nitrogens is 1. The lowest BCUT2D eigenvalue weighted by Crippen LogP contribution is -2.18. The molecule has 2 rings (SSSR count). The second-order valence-electron chi connectivity index (χ2n) is 8.16. The third kappa shape index (κ3) is 4.03. The van der Waals surface area contributed by atoms with Crippen LogP contribution >= 0.6 is 31.9 Å². The fourth-order valence-electron chi connectivity index (χ4n) is 2.71. The summed E-state index contributed by atoms with van der Waals surface area (Å²) in [5.41, 5.74) is 4.22. The maximum absolute atomic E-state index is 10.8. The van der Waals surface area contributed by atoms with Crippen LogP contribution in [0.2, 0.25) is 0 Å². The van der Waals surface area contributed by atoms with Gasteiger partial charge in [-0.1, -0.05) is 53.7 Å². The molecular formula is C19H25Br2NO. The Balaban J connectivity index is 2.58. The van der Waals surface area contributed by atoms with E-state index >= 15 is 0 Å². The molecule has 1 heterocycles. The van der Waals surface area contributed by atoms with Gasteiger partial charge in [0.05, 0.1) is 9.08 Å². The molecule has 2 nitrogen and oxygen atoms in total. The van der Waals surface area contributed by atoms with Crippen molar-refractivity contribution in [3.63, 3.8) is 0 Å². The van der Waals surface area contributed by atoms with Gasteiger partial charge >= 0.3 is 0 Å². The Morgan fingerprint density at radius 2 is 1.43 bits per heavy atom. The first kappa shape index (κ1) is 18.6. The molecule has 0 radical (unpaired) electrons. The van der Waals surface area contributed by atoms with Gasteiger partial charge in [-0.05, 0) is 64.9 Å². The molecule has 0 amide bonds. The molecule has 1 aromatic heterocycles. The van der Waals surface area contributed by atoms with E-state index in [0.717, 1.165) is 26.6 Å². The molecule has 4 heteroatoms. The van der Waals surface area contributed by atoms with Gasteiger partial charge in [-0.3, -0.25) is 0 Å². The number of aromatic amines is 1. The van der Waals surface area contributed by atoms with E-state index in [1.54, 1.807) is 0 Å². The Bertz CT molecular complexity index is 683. The number of hydrogen-bond donors (Lipinski definition) is 2. The number of phenolic OH excluding ortho intramolecular Hbond substituents is 1. The summed E-state index contributed by atoms with van der Waals surface area (Å²) in [5.74, 6) is 0.433. The van der Waals surface area contributed by atoms with Gasteiger partial charge in [0.2, 0.25) is 0 Å². The summed E-state index contributed by atoms with van der Waals surface area (Å²) in [6.07, 6.45) is 2.82. The predicted molar refractivity (Wildman–Crippen MR) is 105 cm³/mol. The number of nitrogens with one attached hydrogen (secondary N) is 1. The van der Waals surface area contributed by atoms with Crippen molar-refractivity contribution in [3.8, 4) is 5.75 Å². The second-order valence-corrected chi connectivity index (χ2v) is 9.74. The highest BCUT2D eigenvalue weighted by Crippen LogP contribution is 2.40. The zero-order valence-electron chi connectivity index (χ0n) is 14.6. The number of benzene rings is 1. The Labute approximate surface area is 156 Å². The van der Waals surface area contributed by atoms with Crippen LogP contribution in [0.4, 0.5) is 0 Å². The van der Waals surface area contributed by atoms with Crippen molar-refractivity contribution < 1.29 is 5.11 Å². The molecule has 1 aromatic carbocycles. The van der Waals surface area contributed by atoms with Crippen LogP contribution in [-0.4, -0.2) is 10.1 Å². The number of halogens is 2. The largest absolute Gasteiger partial charge is 0.507 e. The predicted octanol–water partition coefficient (Wildman–Crippen LogP) is 6.43. The quantitative estimate of drug-likeness (QED) is 0.552. The monoisotopic (exact) mass is 441 g/mol. The van der Waals surface area contributed by atoms with E-state index in [1.807, 2.05) is 6.20 Å². The summed E-state index contributed by atoms with van der Waals surface area (Å²) in [6, 6.07) is 4.27. The van der Waals surface area contributed by atoms with Crippen molar-refractivity contribution >= 4 is 31.9 Å². The van der Waals surface area contributed by atoms with Crippen molar-refractivity contribution in [2.45, 2.75) is 58.8 Å². The lowest BCUT2D eigenvalue weighted by Gasteiger charge is -2.28. The Morgan fingerprint density at radius 1 is 0.957 bits per heavy atom. The maximum atomic E-state index is 10.8. The van der Waals surface area contributed by atoms with Gasteiger partial charge in [0.1, 0.15) is 5.75 Å². The van der Waals surface area contributed by atoms with Gasteiger partial charge in [-0.2, -0.15) is 0 Å². The molecule has 2 aromatic rings. The van der Waals surface area contributed by atoms with Gasteiger partial charge in [0.25, 0.3) is 0 Å². The first-order chi connectivity index (χ1) is 10.4. The first-order valence-corrected chi connectivity index (χ1v) is 9.38. The van der Waals surface area contributed by atoms with E-state index in [-0.39, 0.29) is 10.8 Å². The van der Waals surface area contributed by atoms with Gasteiger partial charge in [-0.15, -0.1) is 0 Å². The van der Waals surface area contributed by atoms with Gasteiger partial charge in [0.15, 0.2) is 0 Å². The van der Waals surface area contributed by atoms with Crippen LogP contribution in [0, 0.1) is 0 Å². The van der Waals surface area contributed by atoms with Gasteiger partial charge < -0.3 is 10.1 Å². The van der Waals surface area contributed by atoms with Crippen molar-refractivity contribution in [2.75, 3.05) is 0 Å². The minimum atomic E-state index is -0.101. The molecule has 0 bridgehead atoms. The van der Waals surface area contributed by atoms with E-state index in [4.69, 9.17) is 0 Å². The molecule has 0 unspecified atom stereocenters. The number of phenols is 1. The summed E-state index contributed by atoms with van der Waals surface area (Å²) in [4.78, 5) is 3.18. The number of aromatic hydroxyl groups is 1. The standard InChI is InChI=1S/C19H25Br2NO/c1-18(2,3)13-8-11(7-12-10-22-17(21)15(12)20)9-14(16(13)23)19(4,5)6/h8-10,22-23H,7H2,1-6H3. The molecule has 0 aliphatic rings. The van der Waals surface area contributed by atoms with E-state index in [1.165, 1.54) is 11.1 Å². The Hall–Kier alpha value is -0.740. The third-order valence-electron chi connectivity index (χ3n) is 4.03. The first-order valence-electron chi connectivity index (χ1n) is 7.79. The molecule has 0 aliphatic carbocycles. The van der Waals surface area contributed by atoms with Crippen LogP contribution in [0.5, 0.6) is 5.75 Å². The second kappa shape index (κ2) is 6.29. The molecule has 0 spiro atoms. The number of rotatable bonds is 2. The smallest absolute Gasteiger partial charge is 0.123 e. The zero-order chi connectivity index (χ0) is 17.6. The van der Waals surface area contributed by atoms with E-state index in [9.17, 15) is 5.11 Å². The van der Waals surface area contributed by atoms with E-state index in [0.29, 0.717) is 5.75 Å². The molecule has 0 atom stereocenters. The van der Waals surface area contributed by atoms with E-state index < -0.39 is 0 Å². The fraction of sp³-hybridized carbons (Fsp3) is 0.474. The van der Waals surface area contributed by atoms with Crippen molar-refractivity contribution in [1.82, 2.24) is 4.98 Å². The van der Waals surface area contributed by atoms with Gasteiger partial charge in [0, 0.05) is 12.6 Å². The van der Waals surface area contributed by atoms with Crippen LogP contribution in [-0.2, 0) is 17.3 Å².